The highest BCUT2D eigenvalue weighted by Gasteiger charge is 2.34. The monoisotopic (exact) mass is 417 g/mol. The fourth-order valence-corrected chi connectivity index (χ4v) is 3.72. The third kappa shape index (κ3) is 6.06. The van der Waals surface area contributed by atoms with Crippen LogP contribution in [0.15, 0.2) is 24.3 Å². The molecule has 2 atom stereocenters. The minimum atomic E-state index is -0.496. The van der Waals surface area contributed by atoms with E-state index in [1.54, 1.807) is 23.1 Å². The normalized spacial score (nSPS) is 17.1. The zero-order chi connectivity index (χ0) is 21.3. The Bertz CT molecular complexity index is 830. The van der Waals surface area contributed by atoms with Crippen LogP contribution in [0.2, 0.25) is 0 Å². The van der Waals surface area contributed by atoms with E-state index in [1.807, 2.05) is 0 Å². The molecule has 9 nitrogen and oxygen atoms in total. The van der Waals surface area contributed by atoms with Crippen molar-refractivity contribution in [2.45, 2.75) is 57.0 Å². The van der Waals surface area contributed by atoms with E-state index in [9.17, 15) is 14.0 Å². The SMILES string of the molecule is NC(CC(=O)N1CCC[C@H]1C(=O)NCCCCc1nn[nH]n1)Cc1ccccc1F. The molecule has 0 bridgehead atoms. The molecule has 162 valence electrons. The van der Waals surface area contributed by atoms with E-state index in [1.165, 1.54) is 6.07 Å². The smallest absolute Gasteiger partial charge is 0.242 e. The quantitative estimate of drug-likeness (QED) is 0.489. The zero-order valence-electron chi connectivity index (χ0n) is 16.9. The van der Waals surface area contributed by atoms with Gasteiger partial charge < -0.3 is 16.0 Å². The number of aryl methyl sites for hydroxylation is 1. The molecule has 1 aliphatic heterocycles. The number of unbranched alkanes of at least 4 members (excludes halogenated alkanes) is 1. The van der Waals surface area contributed by atoms with Gasteiger partial charge in [-0.25, -0.2) is 4.39 Å². The average molecular weight is 417 g/mol. The molecule has 0 radical (unpaired) electrons. The lowest BCUT2D eigenvalue weighted by Gasteiger charge is -2.25. The number of likely N-dealkylation sites (tertiary alicyclic amines) is 1. The maximum atomic E-state index is 13.8. The van der Waals surface area contributed by atoms with E-state index in [2.05, 4.69) is 25.9 Å². The van der Waals surface area contributed by atoms with Crippen molar-refractivity contribution in [3.63, 3.8) is 0 Å². The van der Waals surface area contributed by atoms with Crippen LogP contribution in [0.3, 0.4) is 0 Å². The summed E-state index contributed by atoms with van der Waals surface area (Å²) in [5.41, 5.74) is 6.58. The number of aromatic nitrogens is 4. The van der Waals surface area contributed by atoms with Gasteiger partial charge in [0.2, 0.25) is 11.8 Å². The van der Waals surface area contributed by atoms with Crippen molar-refractivity contribution in [1.29, 1.82) is 0 Å². The second-order valence-corrected chi connectivity index (χ2v) is 7.58. The van der Waals surface area contributed by atoms with Crippen molar-refractivity contribution in [3.05, 3.63) is 41.5 Å². The molecule has 2 heterocycles. The molecule has 1 aromatic carbocycles. The first-order valence-corrected chi connectivity index (χ1v) is 10.3. The molecule has 30 heavy (non-hydrogen) atoms. The van der Waals surface area contributed by atoms with Gasteiger partial charge in [-0.05, 0) is 43.7 Å². The summed E-state index contributed by atoms with van der Waals surface area (Å²) in [5, 5.41) is 16.6. The third-order valence-electron chi connectivity index (χ3n) is 5.27. The molecule has 1 fully saturated rings. The highest BCUT2D eigenvalue weighted by Crippen LogP contribution is 2.20. The van der Waals surface area contributed by atoms with E-state index >= 15 is 0 Å². The Kier molecular flexibility index (Phi) is 7.83. The molecule has 1 unspecified atom stereocenters. The molecule has 0 saturated carbocycles. The molecule has 4 N–H and O–H groups in total. The maximum Gasteiger partial charge on any atom is 0.242 e. The molecule has 3 rings (SSSR count). The van der Waals surface area contributed by atoms with Crippen LogP contribution in [-0.4, -0.2) is 62.5 Å². The molecule has 1 aliphatic rings. The molecule has 0 spiro atoms. The van der Waals surface area contributed by atoms with Gasteiger partial charge >= 0.3 is 0 Å². The second kappa shape index (κ2) is 10.8. The first-order chi connectivity index (χ1) is 14.5. The van der Waals surface area contributed by atoms with Crippen LogP contribution in [0.1, 0.15) is 43.5 Å². The Balaban J connectivity index is 1.41. The van der Waals surface area contributed by atoms with Crippen LogP contribution in [0.4, 0.5) is 4.39 Å². The zero-order valence-corrected chi connectivity index (χ0v) is 16.9. The van der Waals surface area contributed by atoms with Gasteiger partial charge in [-0.2, -0.15) is 5.21 Å². The first-order valence-electron chi connectivity index (χ1n) is 10.3. The molecular weight excluding hydrogens is 389 g/mol. The van der Waals surface area contributed by atoms with Crippen LogP contribution >= 0.6 is 0 Å². The minimum Gasteiger partial charge on any atom is -0.354 e. The van der Waals surface area contributed by atoms with Crippen molar-refractivity contribution in [3.8, 4) is 0 Å². The van der Waals surface area contributed by atoms with Crippen molar-refractivity contribution in [2.24, 2.45) is 5.73 Å². The van der Waals surface area contributed by atoms with Crippen molar-refractivity contribution in [1.82, 2.24) is 30.8 Å². The summed E-state index contributed by atoms with van der Waals surface area (Å²) < 4.78 is 13.8. The highest BCUT2D eigenvalue weighted by molar-refractivity contribution is 5.88. The number of amides is 2. The van der Waals surface area contributed by atoms with Gasteiger partial charge in [0, 0.05) is 32.0 Å². The van der Waals surface area contributed by atoms with Crippen LogP contribution in [0.25, 0.3) is 0 Å². The Morgan fingerprint density at radius 3 is 2.93 bits per heavy atom. The molecule has 1 saturated heterocycles. The van der Waals surface area contributed by atoms with Gasteiger partial charge in [0.1, 0.15) is 11.9 Å². The predicted molar refractivity (Wildman–Crippen MR) is 108 cm³/mol. The number of H-pyrrole nitrogens is 1. The predicted octanol–water partition coefficient (Wildman–Crippen LogP) is 0.729. The Hall–Kier alpha value is -2.88. The third-order valence-corrected chi connectivity index (χ3v) is 5.27. The first kappa shape index (κ1) is 21.8. The largest absolute Gasteiger partial charge is 0.354 e. The lowest BCUT2D eigenvalue weighted by atomic mass is 10.0. The lowest BCUT2D eigenvalue weighted by molar-refractivity contribution is -0.138. The van der Waals surface area contributed by atoms with Gasteiger partial charge in [-0.1, -0.05) is 23.4 Å². The molecule has 1 aromatic heterocycles. The number of halogens is 1. The van der Waals surface area contributed by atoms with Crippen LogP contribution in [-0.2, 0) is 22.4 Å². The van der Waals surface area contributed by atoms with Crippen LogP contribution < -0.4 is 11.1 Å². The average Bonchev–Trinajstić information content (AvgIpc) is 3.41. The Morgan fingerprint density at radius 1 is 1.33 bits per heavy atom. The summed E-state index contributed by atoms with van der Waals surface area (Å²) >= 11 is 0. The number of carbonyl (C=O) groups is 2. The number of nitrogens with one attached hydrogen (secondary N) is 2. The van der Waals surface area contributed by atoms with E-state index in [-0.39, 0.29) is 30.5 Å². The van der Waals surface area contributed by atoms with Crippen LogP contribution in [0, 0.1) is 5.82 Å². The van der Waals surface area contributed by atoms with E-state index < -0.39 is 12.1 Å². The standard InChI is InChI=1S/C20H28FN7O2/c21-16-7-2-1-6-14(16)12-15(22)13-19(29)28-11-5-8-17(28)20(30)23-10-4-3-9-18-24-26-27-25-18/h1-2,6-7,15,17H,3-5,8-13,22H2,(H,23,30)(H,24,25,26,27)/t15?,17-/m0/s1. The van der Waals surface area contributed by atoms with E-state index in [0.29, 0.717) is 37.3 Å². The fraction of sp³-hybridized carbons (Fsp3) is 0.550. The lowest BCUT2D eigenvalue weighted by Crippen LogP contribution is -2.47. The van der Waals surface area contributed by atoms with E-state index in [0.717, 1.165) is 19.3 Å². The Morgan fingerprint density at radius 2 is 2.17 bits per heavy atom. The van der Waals surface area contributed by atoms with Gasteiger partial charge in [-0.3, -0.25) is 9.59 Å². The summed E-state index contributed by atoms with van der Waals surface area (Å²) in [5.74, 6) is 0.0375. The fourth-order valence-electron chi connectivity index (χ4n) is 3.72. The Labute approximate surface area is 174 Å². The molecule has 2 amide bonds. The minimum absolute atomic E-state index is 0.0861. The maximum absolute atomic E-state index is 13.8. The molecule has 2 aromatic rings. The van der Waals surface area contributed by atoms with Gasteiger partial charge in [-0.15, -0.1) is 10.2 Å². The highest BCUT2D eigenvalue weighted by atomic mass is 19.1. The second-order valence-electron chi connectivity index (χ2n) is 7.58. The number of hydrogen-bond donors (Lipinski definition) is 3. The van der Waals surface area contributed by atoms with E-state index in [4.69, 9.17) is 5.73 Å². The number of rotatable bonds is 10. The molecule has 10 heteroatoms. The van der Waals surface area contributed by atoms with Gasteiger partial charge in [0.05, 0.1) is 0 Å². The van der Waals surface area contributed by atoms with Crippen molar-refractivity contribution >= 4 is 11.8 Å². The summed E-state index contributed by atoms with van der Waals surface area (Å²) in [6, 6.07) is 5.46. The van der Waals surface area contributed by atoms with Crippen molar-refractivity contribution in [2.75, 3.05) is 13.1 Å². The summed E-state index contributed by atoms with van der Waals surface area (Å²) in [7, 11) is 0. The topological polar surface area (TPSA) is 130 Å². The summed E-state index contributed by atoms with van der Waals surface area (Å²) in [6.45, 7) is 1.07. The molecular formula is C20H28FN7O2. The summed E-state index contributed by atoms with van der Waals surface area (Å²) in [6.07, 6.45) is 4.10. The van der Waals surface area contributed by atoms with Gasteiger partial charge in [0.25, 0.3) is 0 Å². The van der Waals surface area contributed by atoms with Gasteiger partial charge in [0.15, 0.2) is 5.82 Å². The number of nitrogens with two attached hydrogens (primary N) is 1. The summed E-state index contributed by atoms with van der Waals surface area (Å²) in [4.78, 5) is 26.9. The number of hydrogen-bond acceptors (Lipinski definition) is 6. The molecule has 0 aliphatic carbocycles. The number of carbonyl (C=O) groups excluding carboxylic acids is 2. The number of aromatic amines is 1. The number of benzene rings is 1. The van der Waals surface area contributed by atoms with Crippen molar-refractivity contribution < 1.29 is 14.0 Å². The number of nitrogens with zero attached hydrogens (tertiary/aromatic N) is 4. The number of tetrazole rings is 1. The van der Waals surface area contributed by atoms with Crippen LogP contribution in [0.5, 0.6) is 0 Å².